The van der Waals surface area contributed by atoms with Crippen molar-refractivity contribution in [2.24, 2.45) is 0 Å². The number of carboxylic acids is 3. The highest BCUT2D eigenvalue weighted by atomic mass is 16.4. The molecule has 1 aromatic heterocycles. The Balaban J connectivity index is 1.53. The summed E-state index contributed by atoms with van der Waals surface area (Å²) in [6, 6.07) is 5.57. The molecule has 0 bridgehead atoms. The highest BCUT2D eigenvalue weighted by molar-refractivity contribution is 6.16. The lowest BCUT2D eigenvalue weighted by atomic mass is 9.72. The maximum Gasteiger partial charge on any atom is 0.335 e. The maximum absolute atomic E-state index is 13.6. The number of carboxylic acid groups (broad SMARTS) is 3. The van der Waals surface area contributed by atoms with E-state index in [0.717, 1.165) is 0 Å². The molecule has 12 nitrogen and oxygen atoms in total. The normalized spacial score (nSPS) is 19.8. The smallest absolute Gasteiger partial charge is 0.335 e. The summed E-state index contributed by atoms with van der Waals surface area (Å²) in [4.78, 5) is 80.1. The van der Waals surface area contributed by atoms with Gasteiger partial charge in [-0.25, -0.2) is 14.6 Å². The van der Waals surface area contributed by atoms with E-state index in [9.17, 15) is 39.0 Å². The number of benzene rings is 2. The largest absolute Gasteiger partial charge is 0.481 e. The first-order valence-electron chi connectivity index (χ1n) is 11.6. The van der Waals surface area contributed by atoms with Crippen molar-refractivity contribution in [3.05, 3.63) is 64.7 Å². The summed E-state index contributed by atoms with van der Waals surface area (Å²) < 4.78 is 1.39. The average Bonchev–Trinajstić information content (AvgIpc) is 3.26. The molecule has 0 spiro atoms. The lowest BCUT2D eigenvalue weighted by Crippen LogP contribution is -2.54. The second kappa shape index (κ2) is 7.93. The summed E-state index contributed by atoms with van der Waals surface area (Å²) >= 11 is 0. The van der Waals surface area contributed by atoms with E-state index in [1.807, 2.05) is 0 Å². The van der Waals surface area contributed by atoms with Crippen molar-refractivity contribution in [2.75, 3.05) is 0 Å². The number of hydrogen-bond donors (Lipinski definition) is 3. The van der Waals surface area contributed by atoms with Crippen LogP contribution in [0.4, 0.5) is 0 Å². The van der Waals surface area contributed by atoms with Gasteiger partial charge in [-0.05, 0) is 41.8 Å². The molecule has 2 aliphatic heterocycles. The van der Waals surface area contributed by atoms with Crippen molar-refractivity contribution in [3.8, 4) is 11.4 Å². The quantitative estimate of drug-likeness (QED) is 0.324. The summed E-state index contributed by atoms with van der Waals surface area (Å²) in [5.74, 6) is -7.68. The second-order valence-corrected chi connectivity index (χ2v) is 9.25. The zero-order valence-electron chi connectivity index (χ0n) is 19.3. The summed E-state index contributed by atoms with van der Waals surface area (Å²) in [6.07, 6.45) is 1.98. The predicted molar refractivity (Wildman–Crippen MR) is 127 cm³/mol. The number of nitrogens with zero attached hydrogens (tertiary/aromatic N) is 3. The maximum atomic E-state index is 13.6. The number of imide groups is 1. The minimum Gasteiger partial charge on any atom is -0.481 e. The van der Waals surface area contributed by atoms with E-state index in [1.54, 1.807) is 6.07 Å². The molecule has 3 N–H and O–H groups in total. The highest BCUT2D eigenvalue weighted by Crippen LogP contribution is 2.48. The van der Waals surface area contributed by atoms with Gasteiger partial charge in [0.25, 0.3) is 5.91 Å². The molecule has 0 saturated heterocycles. The minimum atomic E-state index is -1.67. The lowest BCUT2D eigenvalue weighted by molar-refractivity contribution is -0.149. The Kier molecular flexibility index (Phi) is 4.86. The van der Waals surface area contributed by atoms with Gasteiger partial charge in [-0.1, -0.05) is 18.2 Å². The molecule has 2 aromatic carbocycles. The molecule has 1 aliphatic carbocycles. The third kappa shape index (κ3) is 3.06. The number of hydrogen-bond acceptors (Lipinski definition) is 7. The molecule has 3 unspecified atom stereocenters. The second-order valence-electron chi connectivity index (χ2n) is 9.25. The predicted octanol–water partition coefficient (Wildman–Crippen LogP) is 2.09. The van der Waals surface area contributed by atoms with Crippen LogP contribution in [0.25, 0.3) is 22.4 Å². The molecule has 12 heteroatoms. The van der Waals surface area contributed by atoms with Gasteiger partial charge in [0.2, 0.25) is 11.8 Å². The highest BCUT2D eigenvalue weighted by Gasteiger charge is 2.49. The summed E-state index contributed by atoms with van der Waals surface area (Å²) in [5, 5.41) is 28.0. The molecule has 190 valence electrons. The van der Waals surface area contributed by atoms with Crippen LogP contribution in [-0.2, 0) is 14.4 Å². The molecule has 0 saturated carbocycles. The number of fused-ring (bicyclic) bond motifs is 4. The van der Waals surface area contributed by atoms with Gasteiger partial charge in [-0.15, -0.1) is 0 Å². The Morgan fingerprint density at radius 2 is 1.55 bits per heavy atom. The van der Waals surface area contributed by atoms with Crippen molar-refractivity contribution in [2.45, 2.75) is 30.7 Å². The van der Waals surface area contributed by atoms with Crippen molar-refractivity contribution in [3.63, 3.8) is 0 Å². The monoisotopic (exact) mass is 515 g/mol. The fourth-order valence-corrected chi connectivity index (χ4v) is 5.57. The Hall–Kier alpha value is -5.13. The SMILES string of the molecule is O=C(O)CCC(C(=O)O)N1C(=O)c2ccc3c4c2C(C=CC4C(=O)n2c-3nc3cc(C(=O)O)ccc32)C1=O. The number of aromatic carboxylic acids is 1. The number of allylic oxidation sites excluding steroid dienone is 1. The molecule has 0 fully saturated rings. The first kappa shape index (κ1) is 23.3. The van der Waals surface area contributed by atoms with Crippen LogP contribution in [0.1, 0.15) is 61.3 Å². The first-order valence-corrected chi connectivity index (χ1v) is 11.6. The Labute approximate surface area is 212 Å². The van der Waals surface area contributed by atoms with E-state index in [4.69, 9.17) is 5.11 Å². The van der Waals surface area contributed by atoms with Crippen molar-refractivity contribution in [1.82, 2.24) is 14.5 Å². The summed E-state index contributed by atoms with van der Waals surface area (Å²) in [7, 11) is 0. The number of aliphatic carboxylic acids is 2. The first-order chi connectivity index (χ1) is 18.1. The average molecular weight is 515 g/mol. The fraction of sp³-hybridized carbons (Fsp3) is 0.192. The van der Waals surface area contributed by atoms with Crippen LogP contribution in [0.15, 0.2) is 42.5 Å². The number of amides is 2. The molecule has 0 radical (unpaired) electrons. The number of rotatable bonds is 6. The van der Waals surface area contributed by atoms with Crippen LogP contribution >= 0.6 is 0 Å². The van der Waals surface area contributed by atoms with Gasteiger partial charge in [0.05, 0.1) is 28.4 Å². The third-order valence-electron chi connectivity index (χ3n) is 7.22. The zero-order valence-corrected chi connectivity index (χ0v) is 19.3. The van der Waals surface area contributed by atoms with Crippen LogP contribution in [0.5, 0.6) is 0 Å². The Morgan fingerprint density at radius 1 is 0.895 bits per heavy atom. The van der Waals surface area contributed by atoms with Gasteiger partial charge in [0.1, 0.15) is 11.9 Å². The van der Waals surface area contributed by atoms with Gasteiger partial charge in [0.15, 0.2) is 0 Å². The van der Waals surface area contributed by atoms with E-state index in [2.05, 4.69) is 4.98 Å². The third-order valence-corrected chi connectivity index (χ3v) is 7.22. The summed E-state index contributed by atoms with van der Waals surface area (Å²) in [6.45, 7) is 0. The molecule has 6 rings (SSSR count). The van der Waals surface area contributed by atoms with Crippen LogP contribution in [0.2, 0.25) is 0 Å². The standard InChI is InChI=1S/C26H17N3O9/c30-18(31)8-7-17(26(37)38)29-23(33)13-3-2-11-19-12(4-5-14(20(13)19)24(29)34)22(32)28-16-6-1-10(25(35)36)9-15(16)27-21(11)28/h1-6,9,12,14,17H,7-8H2,(H,30,31)(H,35,36)(H,37,38). The molecule has 3 atom stereocenters. The van der Waals surface area contributed by atoms with Gasteiger partial charge in [-0.2, -0.15) is 0 Å². The zero-order chi connectivity index (χ0) is 27.0. The minimum absolute atomic E-state index is 0.000876. The lowest BCUT2D eigenvalue weighted by Gasteiger charge is -2.39. The molecule has 2 amide bonds. The van der Waals surface area contributed by atoms with Crippen LogP contribution in [-0.4, -0.2) is 71.4 Å². The molecule has 38 heavy (non-hydrogen) atoms. The number of carbonyl (C=O) groups excluding carboxylic acids is 3. The fourth-order valence-electron chi connectivity index (χ4n) is 5.57. The van der Waals surface area contributed by atoms with Gasteiger partial charge < -0.3 is 15.3 Å². The van der Waals surface area contributed by atoms with Gasteiger partial charge in [0, 0.05) is 17.5 Å². The van der Waals surface area contributed by atoms with Crippen LogP contribution in [0, 0.1) is 0 Å². The summed E-state index contributed by atoms with van der Waals surface area (Å²) in [5.41, 5.74) is 1.95. The molecular weight excluding hydrogens is 498 g/mol. The number of aromatic nitrogens is 2. The molecule has 3 aliphatic rings. The van der Waals surface area contributed by atoms with E-state index in [-0.39, 0.29) is 17.0 Å². The number of carbonyl (C=O) groups is 6. The van der Waals surface area contributed by atoms with Crippen LogP contribution in [0.3, 0.4) is 0 Å². The Bertz CT molecular complexity index is 1700. The van der Waals surface area contributed by atoms with E-state index in [0.29, 0.717) is 32.6 Å². The van der Waals surface area contributed by atoms with E-state index >= 15 is 0 Å². The van der Waals surface area contributed by atoms with Gasteiger partial charge in [-0.3, -0.25) is 28.6 Å². The van der Waals surface area contributed by atoms with Crippen molar-refractivity contribution < 1.29 is 44.1 Å². The van der Waals surface area contributed by atoms with Crippen LogP contribution < -0.4 is 0 Å². The van der Waals surface area contributed by atoms with Crippen molar-refractivity contribution >= 4 is 46.7 Å². The topological polar surface area (TPSA) is 184 Å². The van der Waals surface area contributed by atoms with Crippen molar-refractivity contribution in [1.29, 1.82) is 0 Å². The van der Waals surface area contributed by atoms with Gasteiger partial charge >= 0.3 is 17.9 Å². The number of imidazole rings is 1. The molecule has 3 heterocycles. The Morgan fingerprint density at radius 3 is 2.21 bits per heavy atom. The van der Waals surface area contributed by atoms with E-state index < -0.39 is 66.3 Å². The molecule has 3 aromatic rings. The van der Waals surface area contributed by atoms with E-state index in [1.165, 1.54) is 41.0 Å². The molecular formula is C26H17N3O9.